The second-order valence-electron chi connectivity index (χ2n) is 3.86. The Bertz CT molecular complexity index is 294. The number of aliphatic hydroxyl groups is 1. The van der Waals surface area contributed by atoms with Gasteiger partial charge in [-0.25, -0.2) is 4.90 Å². The molecule has 7 heteroatoms. The molecule has 0 amide bonds. The van der Waals surface area contributed by atoms with E-state index in [0.29, 0.717) is 0 Å². The number of carbonyl (C=O) groups is 2. The molecule has 1 aliphatic heterocycles. The zero-order chi connectivity index (χ0) is 12.3. The van der Waals surface area contributed by atoms with Gasteiger partial charge >= 0.3 is 17.8 Å². The molecular weight excluding hydrogens is 216 g/mol. The first-order chi connectivity index (χ1) is 7.35. The highest BCUT2D eigenvalue weighted by molar-refractivity contribution is 5.77. The summed E-state index contributed by atoms with van der Waals surface area (Å²) in [6.07, 6.45) is 0.168. The molecule has 0 bridgehead atoms. The Morgan fingerprint density at radius 2 is 2.12 bits per heavy atom. The third kappa shape index (κ3) is 2.91. The fourth-order valence-electron chi connectivity index (χ4n) is 1.12. The lowest BCUT2D eigenvalue weighted by molar-refractivity contribution is -0.283. The van der Waals surface area contributed by atoms with E-state index >= 15 is 0 Å². The fourth-order valence-corrected chi connectivity index (χ4v) is 1.12. The summed E-state index contributed by atoms with van der Waals surface area (Å²) in [4.78, 5) is 23.9. The van der Waals surface area contributed by atoms with E-state index in [-0.39, 0.29) is 12.8 Å². The zero-order valence-electron chi connectivity index (χ0n) is 9.30. The van der Waals surface area contributed by atoms with Crippen molar-refractivity contribution in [3.05, 3.63) is 0 Å². The number of ether oxygens (including phenoxy) is 2. The number of hydrogen-bond acceptors (Lipinski definition) is 7. The molecule has 0 aliphatic carbocycles. The standard InChI is InChI=1S/C9H16N2O5/c1-11(2)9(14)5-15-7(12)4-3-6(10)8(13)16-9/h6,14H,3-5,10H2,1-2H3/t6-,9?/m1/s1. The summed E-state index contributed by atoms with van der Waals surface area (Å²) in [5, 5.41) is 9.93. The number of cyclic esters (lactones) is 2. The van der Waals surface area contributed by atoms with Crippen LogP contribution in [0.5, 0.6) is 0 Å². The second kappa shape index (κ2) is 4.77. The van der Waals surface area contributed by atoms with Gasteiger partial charge in [0.1, 0.15) is 6.04 Å². The molecule has 1 saturated heterocycles. The van der Waals surface area contributed by atoms with Gasteiger partial charge in [0.25, 0.3) is 0 Å². The monoisotopic (exact) mass is 232 g/mol. The fraction of sp³-hybridized carbons (Fsp3) is 0.778. The van der Waals surface area contributed by atoms with Crippen molar-refractivity contribution in [1.29, 1.82) is 0 Å². The molecule has 1 unspecified atom stereocenters. The maximum Gasteiger partial charge on any atom is 0.326 e. The van der Waals surface area contributed by atoms with Crippen molar-refractivity contribution in [1.82, 2.24) is 4.90 Å². The maximum absolute atomic E-state index is 11.4. The molecule has 0 aromatic carbocycles. The summed E-state index contributed by atoms with van der Waals surface area (Å²) in [6, 6.07) is -0.933. The van der Waals surface area contributed by atoms with E-state index in [2.05, 4.69) is 0 Å². The highest BCUT2D eigenvalue weighted by atomic mass is 16.7. The van der Waals surface area contributed by atoms with E-state index in [1.165, 1.54) is 19.0 Å². The van der Waals surface area contributed by atoms with E-state index in [0.717, 1.165) is 0 Å². The smallest absolute Gasteiger partial charge is 0.326 e. The minimum Gasteiger partial charge on any atom is -0.457 e. The molecular formula is C9H16N2O5. The normalized spacial score (nSPS) is 32.4. The zero-order valence-corrected chi connectivity index (χ0v) is 9.30. The van der Waals surface area contributed by atoms with Gasteiger partial charge in [-0.05, 0) is 20.5 Å². The molecule has 0 saturated carbocycles. The van der Waals surface area contributed by atoms with Crippen LogP contribution in [-0.4, -0.2) is 54.6 Å². The van der Waals surface area contributed by atoms with Gasteiger partial charge in [-0.1, -0.05) is 0 Å². The van der Waals surface area contributed by atoms with Crippen LogP contribution in [0.15, 0.2) is 0 Å². The number of nitrogens with zero attached hydrogens (tertiary/aromatic N) is 1. The molecule has 1 heterocycles. The molecule has 0 aromatic rings. The Balaban J connectivity index is 2.86. The Labute approximate surface area is 93.1 Å². The van der Waals surface area contributed by atoms with Crippen LogP contribution in [0.3, 0.4) is 0 Å². The third-order valence-corrected chi connectivity index (χ3v) is 2.35. The van der Waals surface area contributed by atoms with E-state index in [9.17, 15) is 14.7 Å². The van der Waals surface area contributed by atoms with Crippen LogP contribution in [0, 0.1) is 0 Å². The third-order valence-electron chi connectivity index (χ3n) is 2.35. The SMILES string of the molecule is CN(C)C1(O)COC(=O)CC[C@@H](N)C(=O)O1. The Hall–Kier alpha value is -1.18. The van der Waals surface area contributed by atoms with Crippen LogP contribution in [0.25, 0.3) is 0 Å². The Morgan fingerprint density at radius 3 is 2.69 bits per heavy atom. The van der Waals surface area contributed by atoms with E-state index in [4.69, 9.17) is 15.2 Å². The average Bonchev–Trinajstić information content (AvgIpc) is 2.25. The van der Waals surface area contributed by atoms with Crippen LogP contribution in [0.4, 0.5) is 0 Å². The van der Waals surface area contributed by atoms with Crippen LogP contribution in [0.1, 0.15) is 12.8 Å². The van der Waals surface area contributed by atoms with Crippen molar-refractivity contribution in [2.24, 2.45) is 5.73 Å². The number of rotatable bonds is 1. The molecule has 7 nitrogen and oxygen atoms in total. The van der Waals surface area contributed by atoms with Gasteiger partial charge in [0.05, 0.1) is 0 Å². The average molecular weight is 232 g/mol. The largest absolute Gasteiger partial charge is 0.457 e. The molecule has 16 heavy (non-hydrogen) atoms. The molecule has 1 aliphatic rings. The second-order valence-corrected chi connectivity index (χ2v) is 3.86. The van der Waals surface area contributed by atoms with Crippen molar-refractivity contribution in [2.45, 2.75) is 24.8 Å². The van der Waals surface area contributed by atoms with E-state index in [1.807, 2.05) is 0 Å². The van der Waals surface area contributed by atoms with E-state index in [1.54, 1.807) is 0 Å². The van der Waals surface area contributed by atoms with Crippen LogP contribution >= 0.6 is 0 Å². The van der Waals surface area contributed by atoms with Crippen molar-refractivity contribution in [3.8, 4) is 0 Å². The number of nitrogens with two attached hydrogens (primary N) is 1. The number of likely N-dealkylation sites (N-methyl/N-ethyl adjacent to an activating group) is 1. The summed E-state index contributed by atoms with van der Waals surface area (Å²) >= 11 is 0. The van der Waals surface area contributed by atoms with Gasteiger partial charge in [0.15, 0.2) is 6.61 Å². The predicted octanol–water partition coefficient (Wildman–Crippen LogP) is -1.60. The minimum atomic E-state index is -1.96. The first-order valence-electron chi connectivity index (χ1n) is 4.89. The van der Waals surface area contributed by atoms with Gasteiger partial charge in [-0.15, -0.1) is 0 Å². The van der Waals surface area contributed by atoms with Gasteiger partial charge in [0.2, 0.25) is 0 Å². The summed E-state index contributed by atoms with van der Waals surface area (Å²) in [5.74, 6) is -3.24. The highest BCUT2D eigenvalue weighted by Gasteiger charge is 2.39. The summed E-state index contributed by atoms with van der Waals surface area (Å²) in [6.45, 7) is -0.433. The van der Waals surface area contributed by atoms with Crippen molar-refractivity contribution >= 4 is 11.9 Å². The van der Waals surface area contributed by atoms with Crippen molar-refractivity contribution < 1.29 is 24.2 Å². The Morgan fingerprint density at radius 1 is 1.50 bits per heavy atom. The van der Waals surface area contributed by atoms with Gasteiger partial charge < -0.3 is 20.3 Å². The first-order valence-corrected chi connectivity index (χ1v) is 4.89. The molecule has 0 aromatic heterocycles. The number of carbonyl (C=O) groups excluding carboxylic acids is 2. The summed E-state index contributed by atoms with van der Waals surface area (Å²) in [7, 11) is 2.98. The molecule has 2 atom stereocenters. The maximum atomic E-state index is 11.4. The first kappa shape index (κ1) is 12.9. The Kier molecular flexibility index (Phi) is 3.84. The van der Waals surface area contributed by atoms with Gasteiger partial charge in [0, 0.05) is 6.42 Å². The molecule has 0 radical (unpaired) electrons. The van der Waals surface area contributed by atoms with E-state index < -0.39 is 30.5 Å². The highest BCUT2D eigenvalue weighted by Crippen LogP contribution is 2.15. The summed E-state index contributed by atoms with van der Waals surface area (Å²) < 4.78 is 9.59. The van der Waals surface area contributed by atoms with Crippen LogP contribution in [0.2, 0.25) is 0 Å². The molecule has 3 N–H and O–H groups in total. The van der Waals surface area contributed by atoms with Gasteiger partial charge in [-0.3, -0.25) is 9.59 Å². The lowest BCUT2D eigenvalue weighted by Crippen LogP contribution is -2.53. The van der Waals surface area contributed by atoms with Gasteiger partial charge in [-0.2, -0.15) is 0 Å². The predicted molar refractivity (Wildman–Crippen MR) is 52.9 cm³/mol. The lowest BCUT2D eigenvalue weighted by atomic mass is 10.2. The quantitative estimate of drug-likeness (QED) is 0.414. The number of hydrogen-bond donors (Lipinski definition) is 2. The lowest BCUT2D eigenvalue weighted by Gasteiger charge is -2.32. The van der Waals surface area contributed by atoms with Crippen LogP contribution < -0.4 is 5.73 Å². The molecule has 1 rings (SSSR count). The minimum absolute atomic E-state index is 0.0276. The molecule has 1 fully saturated rings. The number of esters is 2. The van der Waals surface area contributed by atoms with Crippen LogP contribution in [-0.2, 0) is 19.1 Å². The van der Waals surface area contributed by atoms with Crippen molar-refractivity contribution in [2.75, 3.05) is 20.7 Å². The summed E-state index contributed by atoms with van der Waals surface area (Å²) in [5.41, 5.74) is 5.49. The van der Waals surface area contributed by atoms with Crippen molar-refractivity contribution in [3.63, 3.8) is 0 Å². The topological polar surface area (TPSA) is 102 Å². The molecule has 0 spiro atoms. The molecule has 92 valence electrons.